The highest BCUT2D eigenvalue weighted by Gasteiger charge is 2.41. The molecule has 2 heterocycles. The second-order valence-corrected chi connectivity index (χ2v) is 22.4. The van der Waals surface area contributed by atoms with Gasteiger partial charge in [0.15, 0.2) is 25.5 Å². The molecule has 0 amide bonds. The van der Waals surface area contributed by atoms with Crippen molar-refractivity contribution in [2.45, 2.75) is 0 Å². The fourth-order valence-electron chi connectivity index (χ4n) is 10.5. The van der Waals surface area contributed by atoms with Crippen LogP contribution in [0, 0.1) is 0 Å². The Kier molecular flexibility index (Phi) is 9.70. The summed E-state index contributed by atoms with van der Waals surface area (Å²) in [7, 11) is -2.65. The molecule has 0 saturated heterocycles. The minimum absolute atomic E-state index is 0.645. The molecule has 0 aliphatic carbocycles. The second-order valence-electron chi connectivity index (χ2n) is 17.5. The third kappa shape index (κ3) is 6.66. The summed E-state index contributed by atoms with van der Waals surface area (Å²) < 4.78 is 2.49. The van der Waals surface area contributed by atoms with Crippen molar-refractivity contribution in [2.24, 2.45) is 0 Å². The van der Waals surface area contributed by atoms with E-state index in [2.05, 4.69) is 231 Å². The summed E-state index contributed by atoms with van der Waals surface area (Å²) in [5.41, 5.74) is 5.23. The van der Waals surface area contributed by atoms with Gasteiger partial charge in [-0.2, -0.15) is 0 Å². The van der Waals surface area contributed by atoms with Crippen LogP contribution in [0.5, 0.6) is 0 Å². The lowest BCUT2D eigenvalue weighted by molar-refractivity contribution is 1.08. The predicted octanol–water partition coefficient (Wildman–Crippen LogP) is 13.7. The molecule has 13 aromatic rings. The number of aromatic nitrogens is 3. The maximum absolute atomic E-state index is 5.23. The Labute approximate surface area is 399 Å². The first-order chi connectivity index (χ1) is 33.7. The van der Waals surface area contributed by atoms with Crippen LogP contribution in [-0.4, -0.2) is 23.0 Å². The van der Waals surface area contributed by atoms with Crippen molar-refractivity contribution >= 4 is 92.6 Å². The lowest BCUT2D eigenvalue weighted by Gasteiger charge is -2.34. The predicted molar refractivity (Wildman–Crippen MR) is 291 cm³/mol. The molecule has 5 heteroatoms. The van der Waals surface area contributed by atoms with E-state index in [4.69, 9.17) is 15.0 Å². The summed E-state index contributed by atoms with van der Waals surface area (Å²) in [6.07, 6.45) is 0. The van der Waals surface area contributed by atoms with Gasteiger partial charge in [0.2, 0.25) is 0 Å². The van der Waals surface area contributed by atoms with Gasteiger partial charge in [-0.15, -0.1) is 11.3 Å². The van der Waals surface area contributed by atoms with Crippen LogP contribution in [0.2, 0.25) is 0 Å². The molecular formula is C63H41N3SSi. The van der Waals surface area contributed by atoms with Gasteiger partial charge in [-0.3, -0.25) is 0 Å². The number of rotatable bonds is 8. The molecule has 0 saturated carbocycles. The molecule has 0 N–H and O–H groups in total. The first kappa shape index (κ1) is 40.0. The minimum atomic E-state index is -2.65. The lowest BCUT2D eigenvalue weighted by atomic mass is 9.91. The van der Waals surface area contributed by atoms with Gasteiger partial charge in [-0.25, -0.2) is 15.0 Å². The molecule has 3 nitrogen and oxygen atoms in total. The second kappa shape index (κ2) is 16.5. The van der Waals surface area contributed by atoms with Crippen LogP contribution in [0.1, 0.15) is 0 Å². The van der Waals surface area contributed by atoms with Crippen molar-refractivity contribution < 1.29 is 0 Å². The van der Waals surface area contributed by atoms with Crippen LogP contribution >= 0.6 is 11.3 Å². The topological polar surface area (TPSA) is 38.7 Å². The zero-order valence-corrected chi connectivity index (χ0v) is 38.7. The number of thiophene rings is 1. The Morgan fingerprint density at radius 1 is 0.235 bits per heavy atom. The monoisotopic (exact) mass is 899 g/mol. The van der Waals surface area contributed by atoms with E-state index in [1.165, 1.54) is 79.0 Å². The van der Waals surface area contributed by atoms with Crippen LogP contribution in [-0.2, 0) is 0 Å². The smallest absolute Gasteiger partial charge is 0.179 e. The summed E-state index contributed by atoms with van der Waals surface area (Å²) in [4.78, 5) is 15.5. The van der Waals surface area contributed by atoms with Crippen LogP contribution in [0.3, 0.4) is 0 Å². The van der Waals surface area contributed by atoms with Gasteiger partial charge in [-0.1, -0.05) is 224 Å². The molecule has 0 fully saturated rings. The average molecular weight is 900 g/mol. The zero-order chi connectivity index (χ0) is 45.0. The number of hydrogen-bond donors (Lipinski definition) is 0. The molecule has 13 rings (SSSR count). The maximum atomic E-state index is 5.23. The SMILES string of the molecule is c1ccc(-c2nc(-c3ccc4c(c3)sc3ccccc34)nc(-c3ccc4c5cc(-c6ccc([Si](c7ccccc7)(c7ccccc7)c7ccccc7)cc6)ccc5c5ccccc5c4c3)n2)cc1. The van der Waals surface area contributed by atoms with Crippen LogP contribution in [0.25, 0.3) is 97.8 Å². The molecule has 11 aromatic carbocycles. The molecule has 0 atom stereocenters. The van der Waals surface area contributed by atoms with Gasteiger partial charge in [0.25, 0.3) is 0 Å². The van der Waals surface area contributed by atoms with E-state index in [-0.39, 0.29) is 0 Å². The number of fused-ring (bicyclic) bond motifs is 9. The summed E-state index contributed by atoms with van der Waals surface area (Å²) in [6, 6.07) is 90.7. The van der Waals surface area contributed by atoms with E-state index >= 15 is 0 Å². The summed E-state index contributed by atoms with van der Waals surface area (Å²) >= 11 is 1.80. The minimum Gasteiger partial charge on any atom is -0.208 e. The molecule has 318 valence electrons. The van der Waals surface area contributed by atoms with Gasteiger partial charge in [-0.05, 0) is 88.5 Å². The number of hydrogen-bond acceptors (Lipinski definition) is 4. The van der Waals surface area contributed by atoms with Crippen molar-refractivity contribution in [1.82, 2.24) is 15.0 Å². The normalized spacial score (nSPS) is 11.8. The quantitative estimate of drug-likeness (QED) is 0.0866. The Balaban J connectivity index is 0.947. The van der Waals surface area contributed by atoms with Crippen LogP contribution in [0.15, 0.2) is 249 Å². The Bertz CT molecular complexity index is 3910. The molecule has 0 aliphatic heterocycles. The number of benzene rings is 11. The molecule has 0 radical (unpaired) electrons. The first-order valence-corrected chi connectivity index (χ1v) is 25.9. The van der Waals surface area contributed by atoms with E-state index in [0.29, 0.717) is 17.5 Å². The van der Waals surface area contributed by atoms with E-state index in [1.54, 1.807) is 11.3 Å². The molecule has 0 spiro atoms. The summed E-state index contributed by atoms with van der Waals surface area (Å²) in [6.45, 7) is 0. The third-order valence-electron chi connectivity index (χ3n) is 13.7. The molecular weight excluding hydrogens is 859 g/mol. The highest BCUT2D eigenvalue weighted by atomic mass is 32.1. The fraction of sp³-hybridized carbons (Fsp3) is 0. The van der Waals surface area contributed by atoms with E-state index < -0.39 is 8.07 Å². The maximum Gasteiger partial charge on any atom is 0.179 e. The molecule has 0 unspecified atom stereocenters. The highest BCUT2D eigenvalue weighted by Crippen LogP contribution is 2.40. The Morgan fingerprint density at radius 2 is 0.603 bits per heavy atom. The number of nitrogens with zero attached hydrogens (tertiary/aromatic N) is 3. The molecule has 68 heavy (non-hydrogen) atoms. The van der Waals surface area contributed by atoms with E-state index in [1.807, 2.05) is 18.2 Å². The third-order valence-corrected chi connectivity index (χ3v) is 19.6. The largest absolute Gasteiger partial charge is 0.208 e. The molecule has 2 aromatic heterocycles. The fourth-order valence-corrected chi connectivity index (χ4v) is 16.4. The van der Waals surface area contributed by atoms with Gasteiger partial charge in [0, 0.05) is 36.9 Å². The van der Waals surface area contributed by atoms with Crippen molar-refractivity contribution in [2.75, 3.05) is 0 Å². The van der Waals surface area contributed by atoms with Crippen molar-refractivity contribution in [3.8, 4) is 45.3 Å². The Morgan fingerprint density at radius 3 is 1.19 bits per heavy atom. The van der Waals surface area contributed by atoms with Gasteiger partial charge < -0.3 is 0 Å². The lowest BCUT2D eigenvalue weighted by Crippen LogP contribution is -2.74. The standard InChI is InChI=1S/C63H41N3SSi/c1-5-17-43(18-6-1)61-64-62(66-63(65-61)46-33-38-56-55-27-15-16-28-59(55)67-60(56)41-46)45-32-37-54-57-39-44(31-36-53(57)51-25-13-14-26-52(51)58(54)40-45)42-29-34-50(35-30-42)68(47-19-7-2-8-20-47,48-21-9-3-10-22-48)49-23-11-4-12-24-49/h1-41H. The highest BCUT2D eigenvalue weighted by molar-refractivity contribution is 7.25. The average Bonchev–Trinajstić information content (AvgIpc) is 3.80. The van der Waals surface area contributed by atoms with Crippen LogP contribution in [0.4, 0.5) is 0 Å². The molecule has 0 aliphatic rings. The van der Waals surface area contributed by atoms with Gasteiger partial charge >= 0.3 is 0 Å². The molecule has 0 bridgehead atoms. The van der Waals surface area contributed by atoms with Gasteiger partial charge in [0.05, 0.1) is 0 Å². The van der Waals surface area contributed by atoms with Crippen molar-refractivity contribution in [3.05, 3.63) is 249 Å². The zero-order valence-electron chi connectivity index (χ0n) is 36.9. The van der Waals surface area contributed by atoms with Gasteiger partial charge in [0.1, 0.15) is 0 Å². The van der Waals surface area contributed by atoms with Crippen molar-refractivity contribution in [3.63, 3.8) is 0 Å². The first-order valence-electron chi connectivity index (χ1n) is 23.1. The van der Waals surface area contributed by atoms with E-state index in [9.17, 15) is 0 Å². The summed E-state index contributed by atoms with van der Waals surface area (Å²) in [5.74, 6) is 1.95. The Hall–Kier alpha value is -8.35. The van der Waals surface area contributed by atoms with Crippen LogP contribution < -0.4 is 20.7 Å². The van der Waals surface area contributed by atoms with E-state index in [0.717, 1.165) is 22.1 Å². The van der Waals surface area contributed by atoms with Crippen molar-refractivity contribution in [1.29, 1.82) is 0 Å². The summed E-state index contributed by atoms with van der Waals surface area (Å²) in [5, 5.41) is 15.2.